The topological polar surface area (TPSA) is 98.3 Å². The molecule has 0 unspecified atom stereocenters. The molecule has 1 N–H and O–H groups in total. The third-order valence-corrected chi connectivity index (χ3v) is 2.96. The molecular weight excluding hydrogens is 274 g/mol. The van der Waals surface area contributed by atoms with E-state index in [0.29, 0.717) is 29.5 Å². The smallest absolute Gasteiger partial charge is 0.303 e. The van der Waals surface area contributed by atoms with Crippen molar-refractivity contribution in [2.24, 2.45) is 5.41 Å². The summed E-state index contributed by atoms with van der Waals surface area (Å²) < 4.78 is 10.8. The van der Waals surface area contributed by atoms with Gasteiger partial charge in [0.05, 0.1) is 25.3 Å². The average molecular weight is 291 g/mol. The Balaban J connectivity index is 2.20. The molecular formula is C14H17N3O4. The Morgan fingerprint density at radius 2 is 2.19 bits per heavy atom. The molecule has 0 fully saturated rings. The van der Waals surface area contributed by atoms with Gasteiger partial charge in [0.2, 0.25) is 5.89 Å². The van der Waals surface area contributed by atoms with Crippen LogP contribution in [0.4, 0.5) is 0 Å². The number of hydrogen-bond acceptors (Lipinski definition) is 6. The van der Waals surface area contributed by atoms with Crippen LogP contribution in [0.15, 0.2) is 22.9 Å². The molecule has 112 valence electrons. The third-order valence-electron chi connectivity index (χ3n) is 2.96. The minimum Gasteiger partial charge on any atom is -0.494 e. The number of ether oxygens (including phenoxy) is 1. The Morgan fingerprint density at radius 3 is 2.86 bits per heavy atom. The normalized spacial score (nSPS) is 11.4. The molecule has 0 aliphatic rings. The number of aliphatic carboxylic acids is 1. The number of carboxylic acids is 1. The van der Waals surface area contributed by atoms with Gasteiger partial charge in [0.1, 0.15) is 5.75 Å². The first kappa shape index (κ1) is 15.0. The molecule has 0 radical (unpaired) electrons. The van der Waals surface area contributed by atoms with E-state index in [9.17, 15) is 4.79 Å². The molecule has 0 saturated carbocycles. The lowest BCUT2D eigenvalue weighted by atomic mass is 9.86. The van der Waals surface area contributed by atoms with Gasteiger partial charge in [0, 0.05) is 12.6 Å². The van der Waals surface area contributed by atoms with Gasteiger partial charge in [-0.25, -0.2) is 0 Å². The highest BCUT2D eigenvalue weighted by atomic mass is 16.5. The van der Waals surface area contributed by atoms with Crippen LogP contribution >= 0.6 is 0 Å². The molecule has 21 heavy (non-hydrogen) atoms. The minimum absolute atomic E-state index is 0.0310. The lowest BCUT2D eigenvalue weighted by Crippen LogP contribution is -2.19. The van der Waals surface area contributed by atoms with E-state index in [4.69, 9.17) is 14.3 Å². The second kappa shape index (κ2) is 5.90. The van der Waals surface area contributed by atoms with E-state index in [-0.39, 0.29) is 6.42 Å². The first-order valence-corrected chi connectivity index (χ1v) is 6.44. The minimum atomic E-state index is -0.851. The fraction of sp³-hybridized carbons (Fsp3) is 0.429. The Hall–Kier alpha value is -2.44. The predicted molar refractivity (Wildman–Crippen MR) is 73.8 cm³/mol. The van der Waals surface area contributed by atoms with Gasteiger partial charge in [0.25, 0.3) is 5.89 Å². The molecule has 0 bridgehead atoms. The zero-order chi connectivity index (χ0) is 15.5. The van der Waals surface area contributed by atoms with Gasteiger partial charge in [-0.1, -0.05) is 13.8 Å². The maximum absolute atomic E-state index is 10.8. The second-order valence-corrected chi connectivity index (χ2v) is 5.49. The SMILES string of the molecule is COc1cnccc1-c1nnc(CC(C)(C)CC(=O)O)o1. The molecule has 0 aromatic carbocycles. The predicted octanol–water partition coefficient (Wildman–Crippen LogP) is 2.18. The number of nitrogens with zero attached hydrogens (tertiary/aromatic N) is 3. The zero-order valence-electron chi connectivity index (χ0n) is 12.2. The van der Waals surface area contributed by atoms with Crippen LogP contribution in [0.1, 0.15) is 26.2 Å². The number of rotatable bonds is 6. The van der Waals surface area contributed by atoms with Crippen molar-refractivity contribution < 1.29 is 19.1 Å². The number of methoxy groups -OCH3 is 1. The number of carbonyl (C=O) groups is 1. The van der Waals surface area contributed by atoms with E-state index in [0.717, 1.165) is 0 Å². The van der Waals surface area contributed by atoms with Crippen molar-refractivity contribution in [3.63, 3.8) is 0 Å². The van der Waals surface area contributed by atoms with Crippen LogP contribution in [0.25, 0.3) is 11.5 Å². The monoisotopic (exact) mass is 291 g/mol. The van der Waals surface area contributed by atoms with E-state index in [2.05, 4.69) is 15.2 Å². The first-order valence-electron chi connectivity index (χ1n) is 6.44. The molecule has 0 aliphatic heterocycles. The van der Waals surface area contributed by atoms with E-state index in [1.54, 1.807) is 18.5 Å². The Kier molecular flexibility index (Phi) is 4.21. The van der Waals surface area contributed by atoms with Gasteiger partial charge in [-0.05, 0) is 11.5 Å². The van der Waals surface area contributed by atoms with Crippen LogP contribution in [-0.2, 0) is 11.2 Å². The lowest BCUT2D eigenvalue weighted by molar-refractivity contribution is -0.139. The lowest BCUT2D eigenvalue weighted by Gasteiger charge is -2.19. The van der Waals surface area contributed by atoms with Crippen molar-refractivity contribution in [2.45, 2.75) is 26.7 Å². The van der Waals surface area contributed by atoms with E-state index < -0.39 is 11.4 Å². The zero-order valence-corrected chi connectivity index (χ0v) is 12.2. The summed E-state index contributed by atoms with van der Waals surface area (Å²) in [6.45, 7) is 3.69. The molecule has 2 aromatic rings. The Labute approximate surface area is 122 Å². The van der Waals surface area contributed by atoms with E-state index >= 15 is 0 Å². The first-order chi connectivity index (χ1) is 9.91. The van der Waals surface area contributed by atoms with Crippen molar-refractivity contribution in [3.8, 4) is 17.2 Å². The summed E-state index contributed by atoms with van der Waals surface area (Å²) in [6, 6.07) is 1.72. The summed E-state index contributed by atoms with van der Waals surface area (Å²) in [5.41, 5.74) is 0.195. The molecule has 2 aromatic heterocycles. The van der Waals surface area contributed by atoms with Crippen molar-refractivity contribution in [3.05, 3.63) is 24.4 Å². The Morgan fingerprint density at radius 1 is 1.43 bits per heavy atom. The van der Waals surface area contributed by atoms with Crippen LogP contribution in [0.5, 0.6) is 5.75 Å². The standard InChI is InChI=1S/C14H17N3O4/c1-14(2,7-12(18)19)6-11-16-17-13(21-11)9-4-5-15-8-10(9)20-3/h4-5,8H,6-7H2,1-3H3,(H,18,19). The number of aromatic nitrogens is 3. The molecule has 0 saturated heterocycles. The number of pyridine rings is 1. The van der Waals surface area contributed by atoms with Gasteiger partial charge in [0.15, 0.2) is 0 Å². The van der Waals surface area contributed by atoms with Gasteiger partial charge >= 0.3 is 5.97 Å². The fourth-order valence-electron chi connectivity index (χ4n) is 2.03. The summed E-state index contributed by atoms with van der Waals surface area (Å²) in [7, 11) is 1.54. The molecule has 7 heteroatoms. The molecule has 7 nitrogen and oxygen atoms in total. The molecule has 0 atom stereocenters. The fourth-order valence-corrected chi connectivity index (χ4v) is 2.03. The third kappa shape index (κ3) is 3.77. The summed E-state index contributed by atoms with van der Waals surface area (Å²) in [5.74, 6) is 0.415. The highest BCUT2D eigenvalue weighted by molar-refractivity contribution is 5.67. The number of carboxylic acid groups (broad SMARTS) is 1. The van der Waals surface area contributed by atoms with Gasteiger partial charge < -0.3 is 14.3 Å². The summed E-state index contributed by atoms with van der Waals surface area (Å²) in [6.07, 6.45) is 3.59. The van der Waals surface area contributed by atoms with Crippen molar-refractivity contribution in [1.82, 2.24) is 15.2 Å². The molecule has 0 spiro atoms. The van der Waals surface area contributed by atoms with Crippen molar-refractivity contribution >= 4 is 5.97 Å². The highest BCUT2D eigenvalue weighted by Gasteiger charge is 2.25. The summed E-state index contributed by atoms with van der Waals surface area (Å²) >= 11 is 0. The summed E-state index contributed by atoms with van der Waals surface area (Å²) in [5, 5.41) is 16.8. The molecule has 2 rings (SSSR count). The van der Waals surface area contributed by atoms with Gasteiger partial charge in [-0.2, -0.15) is 0 Å². The molecule has 0 amide bonds. The quantitative estimate of drug-likeness (QED) is 0.870. The highest BCUT2D eigenvalue weighted by Crippen LogP contribution is 2.30. The summed E-state index contributed by atoms with van der Waals surface area (Å²) in [4.78, 5) is 14.8. The van der Waals surface area contributed by atoms with E-state index in [1.165, 1.54) is 7.11 Å². The molecule has 0 aliphatic carbocycles. The van der Waals surface area contributed by atoms with E-state index in [1.807, 2.05) is 13.8 Å². The number of hydrogen-bond donors (Lipinski definition) is 1. The molecule has 2 heterocycles. The van der Waals surface area contributed by atoms with Gasteiger partial charge in [-0.15, -0.1) is 10.2 Å². The maximum atomic E-state index is 10.8. The Bertz CT molecular complexity index is 637. The second-order valence-electron chi connectivity index (χ2n) is 5.49. The van der Waals surface area contributed by atoms with Crippen molar-refractivity contribution in [2.75, 3.05) is 7.11 Å². The van der Waals surface area contributed by atoms with Crippen LogP contribution in [0.2, 0.25) is 0 Å². The average Bonchev–Trinajstić information content (AvgIpc) is 2.84. The van der Waals surface area contributed by atoms with Crippen LogP contribution < -0.4 is 4.74 Å². The van der Waals surface area contributed by atoms with Crippen LogP contribution in [-0.4, -0.2) is 33.4 Å². The maximum Gasteiger partial charge on any atom is 0.303 e. The van der Waals surface area contributed by atoms with Crippen LogP contribution in [0, 0.1) is 5.41 Å². The van der Waals surface area contributed by atoms with Gasteiger partial charge in [-0.3, -0.25) is 9.78 Å². The van der Waals surface area contributed by atoms with Crippen LogP contribution in [0.3, 0.4) is 0 Å². The largest absolute Gasteiger partial charge is 0.494 e. The van der Waals surface area contributed by atoms with Crippen molar-refractivity contribution in [1.29, 1.82) is 0 Å².